The van der Waals surface area contributed by atoms with E-state index in [1.165, 1.54) is 18.2 Å². The molecule has 0 radical (unpaired) electrons. The number of hydrogen-bond acceptors (Lipinski definition) is 2. The van der Waals surface area contributed by atoms with Crippen molar-refractivity contribution >= 4 is 17.5 Å². The summed E-state index contributed by atoms with van der Waals surface area (Å²) < 4.78 is 13.8. The number of hydrogen-bond donors (Lipinski definition) is 1. The Morgan fingerprint density at radius 3 is 3.00 bits per heavy atom. The van der Waals surface area contributed by atoms with Crippen LogP contribution in [0, 0.1) is 11.7 Å². The molecule has 0 saturated carbocycles. The predicted octanol–water partition coefficient (Wildman–Crippen LogP) is 2.68. The van der Waals surface area contributed by atoms with Crippen molar-refractivity contribution < 1.29 is 9.18 Å². The van der Waals surface area contributed by atoms with Gasteiger partial charge in [-0.25, -0.2) is 4.39 Å². The fourth-order valence-corrected chi connectivity index (χ4v) is 2.85. The Bertz CT molecular complexity index is 481. The van der Waals surface area contributed by atoms with E-state index in [1.54, 1.807) is 4.90 Å². The smallest absolute Gasteiger partial charge is 0.257 e. The number of carbonyl (C=O) groups is 1. The lowest BCUT2D eigenvalue weighted by Gasteiger charge is -2.39. The van der Waals surface area contributed by atoms with Gasteiger partial charge in [-0.3, -0.25) is 4.79 Å². The van der Waals surface area contributed by atoms with Gasteiger partial charge in [0, 0.05) is 24.2 Å². The second-order valence-electron chi connectivity index (χ2n) is 5.05. The quantitative estimate of drug-likeness (QED) is 0.907. The Balaban J connectivity index is 2.29. The second kappa shape index (κ2) is 5.88. The standard InChI is InChI=1S/C14H18ClFN2O/c1-9-3-2-6-18(13(9)8-17)14(19)11-7-10(15)4-5-12(11)16/h4-5,7,9,13H,2-3,6,8,17H2,1H3/t9-,13+/m0/s1. The van der Waals surface area contributed by atoms with E-state index in [1.807, 2.05) is 0 Å². The lowest BCUT2D eigenvalue weighted by molar-refractivity contribution is 0.0528. The molecule has 1 aromatic carbocycles. The molecule has 1 aliphatic rings. The van der Waals surface area contributed by atoms with E-state index in [0.29, 0.717) is 24.0 Å². The Labute approximate surface area is 117 Å². The van der Waals surface area contributed by atoms with Crippen LogP contribution in [0.3, 0.4) is 0 Å². The van der Waals surface area contributed by atoms with Crippen LogP contribution in [0.25, 0.3) is 0 Å². The number of rotatable bonds is 2. The SMILES string of the molecule is C[C@H]1CCCN(C(=O)c2cc(Cl)ccc2F)[C@@H]1CN. The van der Waals surface area contributed by atoms with Crippen LogP contribution in [-0.4, -0.2) is 29.9 Å². The third-order valence-corrected chi connectivity index (χ3v) is 4.01. The van der Waals surface area contributed by atoms with Gasteiger partial charge in [0.1, 0.15) is 5.82 Å². The molecule has 0 unspecified atom stereocenters. The van der Waals surface area contributed by atoms with Gasteiger partial charge in [0.25, 0.3) is 5.91 Å². The van der Waals surface area contributed by atoms with Crippen molar-refractivity contribution in [3.63, 3.8) is 0 Å². The van der Waals surface area contributed by atoms with Gasteiger partial charge in [-0.15, -0.1) is 0 Å². The van der Waals surface area contributed by atoms with Crippen molar-refractivity contribution in [2.45, 2.75) is 25.8 Å². The first-order chi connectivity index (χ1) is 9.04. The summed E-state index contributed by atoms with van der Waals surface area (Å²) in [5, 5.41) is 0.360. The Morgan fingerprint density at radius 2 is 2.32 bits per heavy atom. The highest BCUT2D eigenvalue weighted by molar-refractivity contribution is 6.31. The van der Waals surface area contributed by atoms with Gasteiger partial charge >= 0.3 is 0 Å². The van der Waals surface area contributed by atoms with E-state index >= 15 is 0 Å². The predicted molar refractivity (Wildman–Crippen MR) is 73.7 cm³/mol. The lowest BCUT2D eigenvalue weighted by atomic mass is 9.90. The molecule has 3 nitrogen and oxygen atoms in total. The number of nitrogens with zero attached hydrogens (tertiary/aromatic N) is 1. The fourth-order valence-electron chi connectivity index (χ4n) is 2.68. The van der Waals surface area contributed by atoms with Gasteiger partial charge < -0.3 is 10.6 Å². The normalized spacial score (nSPS) is 23.5. The van der Waals surface area contributed by atoms with E-state index in [0.717, 1.165) is 12.8 Å². The highest BCUT2D eigenvalue weighted by atomic mass is 35.5. The van der Waals surface area contributed by atoms with Gasteiger partial charge in [0.05, 0.1) is 5.56 Å². The topological polar surface area (TPSA) is 46.3 Å². The Morgan fingerprint density at radius 1 is 1.58 bits per heavy atom. The molecule has 0 bridgehead atoms. The van der Waals surface area contributed by atoms with Crippen LogP contribution in [0.15, 0.2) is 18.2 Å². The molecule has 0 aromatic heterocycles. The summed E-state index contributed by atoms with van der Waals surface area (Å²) in [6.07, 6.45) is 1.97. The molecular weight excluding hydrogens is 267 g/mol. The number of benzene rings is 1. The first kappa shape index (κ1) is 14.3. The van der Waals surface area contributed by atoms with Crippen LogP contribution in [0.1, 0.15) is 30.1 Å². The van der Waals surface area contributed by atoms with Crippen LogP contribution in [0.4, 0.5) is 4.39 Å². The zero-order valence-electron chi connectivity index (χ0n) is 10.9. The summed E-state index contributed by atoms with van der Waals surface area (Å²) in [5.74, 6) is -0.518. The van der Waals surface area contributed by atoms with Crippen LogP contribution in [-0.2, 0) is 0 Å². The van der Waals surface area contributed by atoms with Gasteiger partial charge in [-0.05, 0) is 37.0 Å². The highest BCUT2D eigenvalue weighted by Crippen LogP contribution is 2.25. The molecular formula is C14H18ClFN2O. The van der Waals surface area contributed by atoms with Gasteiger partial charge in [0.2, 0.25) is 0 Å². The minimum absolute atomic E-state index is 0.0278. The van der Waals surface area contributed by atoms with Crippen molar-refractivity contribution in [1.29, 1.82) is 0 Å². The summed E-state index contributed by atoms with van der Waals surface area (Å²) in [6.45, 7) is 3.09. The van der Waals surface area contributed by atoms with E-state index in [-0.39, 0.29) is 17.5 Å². The monoisotopic (exact) mass is 284 g/mol. The average molecular weight is 285 g/mol. The molecule has 1 amide bonds. The van der Waals surface area contributed by atoms with Gasteiger partial charge in [0.15, 0.2) is 0 Å². The number of amides is 1. The summed E-state index contributed by atoms with van der Waals surface area (Å²) in [6, 6.07) is 4.01. The third kappa shape index (κ3) is 2.90. The molecule has 5 heteroatoms. The van der Waals surface area contributed by atoms with Crippen molar-refractivity contribution in [2.75, 3.05) is 13.1 Å². The first-order valence-electron chi connectivity index (χ1n) is 6.50. The lowest BCUT2D eigenvalue weighted by Crippen LogP contribution is -2.51. The number of piperidine rings is 1. The molecule has 0 spiro atoms. The summed E-state index contributed by atoms with van der Waals surface area (Å²) >= 11 is 5.84. The molecule has 19 heavy (non-hydrogen) atoms. The van der Waals surface area contributed by atoms with Crippen LogP contribution >= 0.6 is 11.6 Å². The number of halogens is 2. The van der Waals surface area contributed by atoms with E-state index in [4.69, 9.17) is 17.3 Å². The summed E-state index contributed by atoms with van der Waals surface area (Å²) in [7, 11) is 0. The van der Waals surface area contributed by atoms with Crippen LogP contribution in [0.5, 0.6) is 0 Å². The third-order valence-electron chi connectivity index (χ3n) is 3.78. The molecule has 104 valence electrons. The summed E-state index contributed by atoms with van der Waals surface area (Å²) in [4.78, 5) is 14.1. The van der Waals surface area contributed by atoms with Gasteiger partial charge in [-0.1, -0.05) is 18.5 Å². The van der Waals surface area contributed by atoms with Crippen molar-refractivity contribution in [2.24, 2.45) is 11.7 Å². The van der Waals surface area contributed by atoms with Crippen molar-refractivity contribution in [3.05, 3.63) is 34.6 Å². The number of likely N-dealkylation sites (tertiary alicyclic amines) is 1. The average Bonchev–Trinajstić information content (AvgIpc) is 2.40. The van der Waals surface area contributed by atoms with E-state index in [9.17, 15) is 9.18 Å². The molecule has 1 heterocycles. The number of carbonyl (C=O) groups excluding carboxylic acids is 1. The Hall–Kier alpha value is -1.13. The summed E-state index contributed by atoms with van der Waals surface area (Å²) in [5.41, 5.74) is 5.78. The second-order valence-corrected chi connectivity index (χ2v) is 5.48. The molecule has 2 rings (SSSR count). The highest BCUT2D eigenvalue weighted by Gasteiger charge is 2.32. The largest absolute Gasteiger partial charge is 0.334 e. The van der Waals surface area contributed by atoms with Crippen LogP contribution < -0.4 is 5.73 Å². The molecule has 1 fully saturated rings. The zero-order chi connectivity index (χ0) is 14.0. The molecule has 2 N–H and O–H groups in total. The zero-order valence-corrected chi connectivity index (χ0v) is 11.7. The minimum atomic E-state index is -0.539. The van der Waals surface area contributed by atoms with Crippen LogP contribution in [0.2, 0.25) is 5.02 Å². The molecule has 1 aromatic rings. The molecule has 1 saturated heterocycles. The minimum Gasteiger partial charge on any atom is -0.334 e. The van der Waals surface area contributed by atoms with E-state index in [2.05, 4.69) is 6.92 Å². The fraction of sp³-hybridized carbons (Fsp3) is 0.500. The maximum Gasteiger partial charge on any atom is 0.257 e. The Kier molecular flexibility index (Phi) is 4.42. The first-order valence-corrected chi connectivity index (χ1v) is 6.88. The van der Waals surface area contributed by atoms with Crippen molar-refractivity contribution in [1.82, 2.24) is 4.90 Å². The molecule has 2 atom stereocenters. The maximum absolute atomic E-state index is 13.8. The maximum atomic E-state index is 13.8. The van der Waals surface area contributed by atoms with Crippen molar-refractivity contribution in [3.8, 4) is 0 Å². The van der Waals surface area contributed by atoms with E-state index < -0.39 is 5.82 Å². The number of nitrogens with two attached hydrogens (primary N) is 1. The molecule has 1 aliphatic heterocycles. The molecule has 0 aliphatic carbocycles. The van der Waals surface area contributed by atoms with Gasteiger partial charge in [-0.2, -0.15) is 0 Å².